The topological polar surface area (TPSA) is 97.3 Å². The highest BCUT2D eigenvalue weighted by molar-refractivity contribution is 7.71. The van der Waals surface area contributed by atoms with E-state index in [0.717, 1.165) is 25.1 Å². The maximum Gasteiger partial charge on any atom is 0.416 e. The summed E-state index contributed by atoms with van der Waals surface area (Å²) in [6.07, 6.45) is -3.66. The molecular weight excluding hydrogens is 530 g/mol. The molecule has 1 atom stereocenters. The highest BCUT2D eigenvalue weighted by Crippen LogP contribution is 2.46. The summed E-state index contributed by atoms with van der Waals surface area (Å²) in [6.45, 7) is 5.10. The molecule has 4 rings (SSSR count). The first kappa shape index (κ1) is 23.7. The zero-order chi connectivity index (χ0) is 32.2. The van der Waals surface area contributed by atoms with Crippen LogP contribution in [0.2, 0.25) is 0 Å². The lowest BCUT2D eigenvalue weighted by atomic mass is 9.97. The minimum Gasteiger partial charge on any atom is -0.444 e. The van der Waals surface area contributed by atoms with Crippen LogP contribution in [0.3, 0.4) is 0 Å². The highest BCUT2D eigenvalue weighted by Gasteiger charge is 2.36. The molecule has 8 nitrogen and oxygen atoms in total. The fourth-order valence-corrected chi connectivity index (χ4v) is 6.82. The van der Waals surface area contributed by atoms with Crippen molar-refractivity contribution in [3.8, 4) is 0 Å². The number of hydrogen-bond donors (Lipinski definition) is 1. The lowest BCUT2D eigenvalue weighted by Crippen LogP contribution is -2.43. The van der Waals surface area contributed by atoms with Gasteiger partial charge in [-0.3, -0.25) is 4.98 Å². The van der Waals surface area contributed by atoms with Crippen LogP contribution < -0.4 is 10.8 Å². The third-order valence-corrected chi connectivity index (χ3v) is 9.29. The minimum atomic E-state index is -4.76. The van der Waals surface area contributed by atoms with Crippen LogP contribution in [0.15, 0.2) is 30.5 Å². The van der Waals surface area contributed by atoms with Crippen LogP contribution in [0.4, 0.5) is 23.8 Å². The van der Waals surface area contributed by atoms with Gasteiger partial charge in [-0.25, -0.2) is 14.8 Å². The minimum absolute atomic E-state index is 0.126. The number of aryl methyl sites for hydroxylation is 1. The summed E-state index contributed by atoms with van der Waals surface area (Å²) in [5.74, 6) is 0.0589. The van der Waals surface area contributed by atoms with Gasteiger partial charge in [0.2, 0.25) is 0 Å². The summed E-state index contributed by atoms with van der Waals surface area (Å²) in [7, 11) is -3.13. The molecule has 1 amide bonds. The number of hydrogen-bond acceptors (Lipinski definition) is 7. The molecule has 1 aliphatic rings. The Hall–Kier alpha value is -3.20. The summed E-state index contributed by atoms with van der Waals surface area (Å²) in [5.41, 5.74) is -2.09. The number of carbonyl (C=O) groups is 1. The number of fused-ring (bicyclic) bond motifs is 1. The van der Waals surface area contributed by atoms with E-state index in [1.54, 1.807) is 20.8 Å². The molecule has 3 aromatic rings. The van der Waals surface area contributed by atoms with Gasteiger partial charge in [-0.15, -0.1) is 0 Å². The molecule has 0 unspecified atom stereocenters. The molecule has 3 heterocycles. The summed E-state index contributed by atoms with van der Waals surface area (Å²) < 4.78 is 94.0. The second kappa shape index (κ2) is 10.4. The van der Waals surface area contributed by atoms with Crippen LogP contribution in [0.25, 0.3) is 10.9 Å². The number of nitrogens with zero attached hydrogens (tertiary/aromatic N) is 4. The Bertz CT molecular complexity index is 1600. The van der Waals surface area contributed by atoms with Crippen molar-refractivity contribution in [1.29, 1.82) is 0 Å². The van der Waals surface area contributed by atoms with Gasteiger partial charge in [-0.1, -0.05) is 12.1 Å². The average Bonchev–Trinajstić information content (AvgIpc) is 2.86. The van der Waals surface area contributed by atoms with E-state index < -0.39 is 54.6 Å². The van der Waals surface area contributed by atoms with Crippen LogP contribution in [0, 0.1) is 13.8 Å². The van der Waals surface area contributed by atoms with E-state index in [2.05, 4.69) is 20.3 Å². The zero-order valence-corrected chi connectivity index (χ0v) is 23.2. The molecule has 1 fully saturated rings. The van der Waals surface area contributed by atoms with Gasteiger partial charge in [0, 0.05) is 34.9 Å². The van der Waals surface area contributed by atoms with Crippen molar-refractivity contribution >= 4 is 35.4 Å². The lowest BCUT2D eigenvalue weighted by Gasteiger charge is -2.33. The van der Waals surface area contributed by atoms with Gasteiger partial charge in [0.15, 0.2) is 0 Å². The molecule has 1 saturated heterocycles. The zero-order valence-electron chi connectivity index (χ0n) is 26.3. The number of pyridine rings is 1. The third-order valence-electron chi connectivity index (χ3n) is 6.36. The molecule has 1 aromatic carbocycles. The largest absolute Gasteiger partial charge is 0.444 e. The highest BCUT2D eigenvalue weighted by atomic mass is 31.2. The number of ether oxygens (including phenoxy) is 1. The molecular formula is C27H33F3N5O3P. The number of benzene rings is 1. The first-order valence-electron chi connectivity index (χ1n) is 14.3. The number of halogens is 3. The first-order chi connectivity index (χ1) is 19.6. The molecule has 12 heteroatoms. The Morgan fingerprint density at radius 1 is 1.21 bits per heavy atom. The van der Waals surface area contributed by atoms with Crippen molar-refractivity contribution < 1.29 is 32.8 Å². The molecule has 1 N–H and O–H groups in total. The Kier molecular flexibility index (Phi) is 6.32. The van der Waals surface area contributed by atoms with Crippen LogP contribution in [0.5, 0.6) is 0 Å². The number of nitrogens with one attached hydrogen (secondary N) is 1. The lowest BCUT2D eigenvalue weighted by molar-refractivity contribution is -0.138. The molecule has 0 bridgehead atoms. The van der Waals surface area contributed by atoms with Crippen LogP contribution in [-0.4, -0.2) is 57.0 Å². The van der Waals surface area contributed by atoms with Gasteiger partial charge < -0.3 is 19.5 Å². The quantitative estimate of drug-likeness (QED) is 0.382. The van der Waals surface area contributed by atoms with Crippen molar-refractivity contribution in [2.24, 2.45) is 0 Å². The van der Waals surface area contributed by atoms with Gasteiger partial charge in [0.1, 0.15) is 29.8 Å². The summed E-state index contributed by atoms with van der Waals surface area (Å²) in [6, 6.07) is 1.75. The van der Waals surface area contributed by atoms with Gasteiger partial charge in [0.25, 0.3) is 0 Å². The standard InChI is InChI=1S/C27H33F3N5O3P/c1-16-19(8-7-9-21(16)27(28,29)30)17(2)32-24-20-14-23(31-15-22(20)33-18(3)34-24)39(37)12-10-35(11-13-39)25(36)38-26(4,5)6/h7-9,14-15,17H,10-13H2,1-6H3,(H,32,33,34)/t17-/m0/s1/i2D3,17D. The summed E-state index contributed by atoms with van der Waals surface area (Å²) in [5, 5.41) is 2.80. The Morgan fingerprint density at radius 2 is 1.90 bits per heavy atom. The van der Waals surface area contributed by atoms with Crippen molar-refractivity contribution in [2.45, 2.75) is 59.3 Å². The Labute approximate surface area is 231 Å². The van der Waals surface area contributed by atoms with E-state index in [1.165, 1.54) is 24.1 Å². The SMILES string of the molecule is [2H]C([2H])([2H])[C@]([2H])(Nc1nc(C)nc2cnc(P3(=O)CCN(C(=O)OC(C)(C)C)CC3)cc12)c1cccc(C(F)(F)F)c1C. The Morgan fingerprint density at radius 3 is 2.51 bits per heavy atom. The van der Waals surface area contributed by atoms with Crippen LogP contribution in [-0.2, 0) is 15.5 Å². The second-order valence-electron chi connectivity index (χ2n) is 10.5. The maximum absolute atomic E-state index is 14.0. The molecule has 2 aromatic heterocycles. The third kappa shape index (κ3) is 6.35. The number of anilines is 1. The van der Waals surface area contributed by atoms with Crippen molar-refractivity contribution in [3.63, 3.8) is 0 Å². The van der Waals surface area contributed by atoms with E-state index in [0.29, 0.717) is 0 Å². The smallest absolute Gasteiger partial charge is 0.416 e. The number of aromatic nitrogens is 3. The van der Waals surface area contributed by atoms with E-state index >= 15 is 0 Å². The fraction of sp³-hybridized carbons (Fsp3) is 0.481. The van der Waals surface area contributed by atoms with Crippen LogP contribution >= 0.6 is 7.14 Å². The number of alkyl halides is 3. The monoisotopic (exact) mass is 567 g/mol. The van der Waals surface area contributed by atoms with Gasteiger partial charge in [0.05, 0.1) is 24.7 Å². The molecule has 39 heavy (non-hydrogen) atoms. The van der Waals surface area contributed by atoms with Crippen molar-refractivity contribution in [2.75, 3.05) is 30.7 Å². The molecule has 0 spiro atoms. The van der Waals surface area contributed by atoms with Crippen LogP contribution in [0.1, 0.15) is 61.6 Å². The van der Waals surface area contributed by atoms with Gasteiger partial charge >= 0.3 is 12.3 Å². The Balaban J connectivity index is 1.75. The van der Waals surface area contributed by atoms with Crippen molar-refractivity contribution in [1.82, 2.24) is 19.9 Å². The van der Waals surface area contributed by atoms with E-state index in [9.17, 15) is 22.5 Å². The summed E-state index contributed by atoms with van der Waals surface area (Å²) in [4.78, 5) is 27.0. The van der Waals surface area contributed by atoms with E-state index in [-0.39, 0.29) is 53.4 Å². The van der Waals surface area contributed by atoms with E-state index in [1.807, 2.05) is 0 Å². The predicted octanol–water partition coefficient (Wildman–Crippen LogP) is 6.07. The number of carbonyl (C=O) groups excluding carboxylic acids is 1. The molecule has 0 saturated carbocycles. The first-order valence-corrected chi connectivity index (χ1v) is 14.4. The van der Waals surface area contributed by atoms with Gasteiger partial charge in [-0.05, 0) is 64.7 Å². The molecule has 0 aliphatic carbocycles. The predicted molar refractivity (Wildman–Crippen MR) is 145 cm³/mol. The normalized spacial score (nSPS) is 19.3. The number of rotatable bonds is 4. The maximum atomic E-state index is 14.0. The second-order valence-corrected chi connectivity index (χ2v) is 13.6. The summed E-state index contributed by atoms with van der Waals surface area (Å²) >= 11 is 0. The number of amides is 1. The fourth-order valence-electron chi connectivity index (χ4n) is 4.38. The van der Waals surface area contributed by atoms with Crippen molar-refractivity contribution in [3.05, 3.63) is 53.0 Å². The average molecular weight is 568 g/mol. The molecule has 210 valence electrons. The van der Waals surface area contributed by atoms with E-state index in [4.69, 9.17) is 10.2 Å². The van der Waals surface area contributed by atoms with Gasteiger partial charge in [-0.2, -0.15) is 13.2 Å². The molecule has 1 aliphatic heterocycles. The molecule has 0 radical (unpaired) electrons.